The third kappa shape index (κ3) is 5.91. The van der Waals surface area contributed by atoms with Gasteiger partial charge in [-0.1, -0.05) is 0 Å². The highest BCUT2D eigenvalue weighted by Crippen LogP contribution is 2.21. The molecular weight excluding hydrogens is 314 g/mol. The van der Waals surface area contributed by atoms with E-state index in [1.54, 1.807) is 12.1 Å². The molecule has 116 valence electrons. The van der Waals surface area contributed by atoms with Gasteiger partial charge in [0.2, 0.25) is 5.91 Å². The standard InChI is InChI=1S/C13H17N3O3S.ClH/c17-13(15-8-10-2-1-7-14-10)9-20-12-5-3-11(4-6-12)16(18)19;/h3-6,10,14H,1-2,7-9H2,(H,15,17);1H. The molecule has 1 amide bonds. The van der Waals surface area contributed by atoms with Crippen LogP contribution in [0.4, 0.5) is 5.69 Å². The first-order chi connectivity index (χ1) is 9.65. The predicted molar refractivity (Wildman–Crippen MR) is 85.1 cm³/mol. The van der Waals surface area contributed by atoms with Gasteiger partial charge in [-0.25, -0.2) is 0 Å². The Morgan fingerprint density at radius 1 is 1.43 bits per heavy atom. The van der Waals surface area contributed by atoms with E-state index >= 15 is 0 Å². The minimum atomic E-state index is -0.435. The Balaban J connectivity index is 0.00000220. The number of hydrogen-bond acceptors (Lipinski definition) is 5. The highest BCUT2D eigenvalue weighted by atomic mass is 35.5. The molecule has 0 aliphatic carbocycles. The number of carbonyl (C=O) groups is 1. The lowest BCUT2D eigenvalue weighted by atomic mass is 10.2. The third-order valence-electron chi connectivity index (χ3n) is 3.13. The summed E-state index contributed by atoms with van der Waals surface area (Å²) in [5.41, 5.74) is 0.0612. The van der Waals surface area contributed by atoms with E-state index in [2.05, 4.69) is 10.6 Å². The van der Waals surface area contributed by atoms with Crippen LogP contribution in [0.3, 0.4) is 0 Å². The minimum absolute atomic E-state index is 0. The van der Waals surface area contributed by atoms with Gasteiger partial charge in [0, 0.05) is 29.6 Å². The number of benzene rings is 1. The van der Waals surface area contributed by atoms with Crippen LogP contribution in [-0.2, 0) is 4.79 Å². The summed E-state index contributed by atoms with van der Waals surface area (Å²) >= 11 is 1.38. The van der Waals surface area contributed by atoms with Gasteiger partial charge in [-0.05, 0) is 31.5 Å². The van der Waals surface area contributed by atoms with Gasteiger partial charge in [-0.3, -0.25) is 14.9 Å². The molecule has 0 saturated carbocycles. The number of hydrogen-bond donors (Lipinski definition) is 2. The number of rotatable bonds is 6. The molecule has 1 aliphatic rings. The summed E-state index contributed by atoms with van der Waals surface area (Å²) in [5, 5.41) is 16.7. The van der Waals surface area contributed by atoms with Crippen LogP contribution in [0.2, 0.25) is 0 Å². The summed E-state index contributed by atoms with van der Waals surface area (Å²) in [6.45, 7) is 1.69. The van der Waals surface area contributed by atoms with Gasteiger partial charge in [0.25, 0.3) is 5.69 Å². The van der Waals surface area contributed by atoms with Gasteiger partial charge in [0.15, 0.2) is 0 Å². The summed E-state index contributed by atoms with van der Waals surface area (Å²) in [5.74, 6) is 0.312. The van der Waals surface area contributed by atoms with Crippen LogP contribution in [0.25, 0.3) is 0 Å². The number of thioether (sulfide) groups is 1. The molecule has 1 aromatic rings. The highest BCUT2D eigenvalue weighted by molar-refractivity contribution is 8.00. The van der Waals surface area contributed by atoms with Gasteiger partial charge in [0.05, 0.1) is 10.7 Å². The fourth-order valence-corrected chi connectivity index (χ4v) is 2.76. The van der Waals surface area contributed by atoms with Crippen molar-refractivity contribution in [2.45, 2.75) is 23.8 Å². The Kier molecular flexibility index (Phi) is 7.49. The van der Waals surface area contributed by atoms with Crippen molar-refractivity contribution >= 4 is 35.8 Å². The second-order valence-corrected chi connectivity index (χ2v) is 5.69. The van der Waals surface area contributed by atoms with Crippen LogP contribution in [0.15, 0.2) is 29.2 Å². The molecule has 1 saturated heterocycles. The maximum atomic E-state index is 11.7. The number of nitro benzene ring substituents is 1. The van der Waals surface area contributed by atoms with Crippen LogP contribution in [0, 0.1) is 10.1 Å². The highest BCUT2D eigenvalue weighted by Gasteiger charge is 2.14. The number of non-ortho nitro benzene ring substituents is 1. The maximum absolute atomic E-state index is 11.7. The quantitative estimate of drug-likeness (QED) is 0.473. The monoisotopic (exact) mass is 331 g/mol. The number of nitrogens with zero attached hydrogens (tertiary/aromatic N) is 1. The number of carbonyl (C=O) groups excluding carboxylic acids is 1. The molecule has 1 atom stereocenters. The number of halogens is 1. The molecule has 1 fully saturated rings. The Labute approximate surface area is 133 Å². The van der Waals surface area contributed by atoms with Crippen LogP contribution in [-0.4, -0.2) is 35.7 Å². The molecule has 21 heavy (non-hydrogen) atoms. The zero-order valence-corrected chi connectivity index (χ0v) is 13.0. The smallest absolute Gasteiger partial charge is 0.269 e. The van der Waals surface area contributed by atoms with Crippen molar-refractivity contribution in [3.8, 4) is 0 Å². The molecule has 1 heterocycles. The summed E-state index contributed by atoms with van der Waals surface area (Å²) in [6.07, 6.45) is 2.27. The number of nitrogens with one attached hydrogen (secondary N) is 2. The van der Waals surface area contributed by atoms with Crippen LogP contribution >= 0.6 is 24.2 Å². The fourth-order valence-electron chi connectivity index (χ4n) is 2.03. The first kappa shape index (κ1) is 17.7. The van der Waals surface area contributed by atoms with E-state index in [9.17, 15) is 14.9 Å². The van der Waals surface area contributed by atoms with Crippen molar-refractivity contribution in [1.82, 2.24) is 10.6 Å². The second kappa shape index (κ2) is 8.86. The first-order valence-electron chi connectivity index (χ1n) is 6.52. The Morgan fingerprint density at radius 3 is 2.71 bits per heavy atom. The van der Waals surface area contributed by atoms with Crippen molar-refractivity contribution in [1.29, 1.82) is 0 Å². The molecular formula is C13H18ClN3O3S. The van der Waals surface area contributed by atoms with Crippen molar-refractivity contribution in [3.63, 3.8) is 0 Å². The van der Waals surface area contributed by atoms with E-state index in [0.29, 0.717) is 18.3 Å². The number of nitro groups is 1. The lowest BCUT2D eigenvalue weighted by molar-refractivity contribution is -0.384. The molecule has 8 heteroatoms. The predicted octanol–water partition coefficient (Wildman–Crippen LogP) is 1.98. The summed E-state index contributed by atoms with van der Waals surface area (Å²) < 4.78 is 0. The van der Waals surface area contributed by atoms with Gasteiger partial charge < -0.3 is 10.6 Å². The molecule has 0 aromatic heterocycles. The molecule has 0 radical (unpaired) electrons. The van der Waals surface area contributed by atoms with Gasteiger partial charge in [0.1, 0.15) is 0 Å². The molecule has 1 aliphatic heterocycles. The summed E-state index contributed by atoms with van der Waals surface area (Å²) in [6, 6.07) is 6.61. The fraction of sp³-hybridized carbons (Fsp3) is 0.462. The molecule has 0 bridgehead atoms. The molecule has 6 nitrogen and oxygen atoms in total. The Morgan fingerprint density at radius 2 is 2.14 bits per heavy atom. The average molecular weight is 332 g/mol. The van der Waals surface area contributed by atoms with E-state index in [0.717, 1.165) is 24.3 Å². The van der Waals surface area contributed by atoms with E-state index < -0.39 is 4.92 Å². The molecule has 2 rings (SSSR count). The van der Waals surface area contributed by atoms with Crippen molar-refractivity contribution in [2.24, 2.45) is 0 Å². The SMILES string of the molecule is Cl.O=C(CSc1ccc([N+](=O)[O-])cc1)NCC1CCCN1. The summed E-state index contributed by atoms with van der Waals surface area (Å²) in [7, 11) is 0. The number of amides is 1. The molecule has 1 unspecified atom stereocenters. The first-order valence-corrected chi connectivity index (χ1v) is 7.51. The van der Waals surface area contributed by atoms with Gasteiger partial charge in [-0.15, -0.1) is 24.2 Å². The maximum Gasteiger partial charge on any atom is 0.269 e. The van der Waals surface area contributed by atoms with Crippen LogP contribution in [0.1, 0.15) is 12.8 Å². The topological polar surface area (TPSA) is 84.3 Å². The largest absolute Gasteiger partial charge is 0.354 e. The Bertz CT molecular complexity index is 478. The van der Waals surface area contributed by atoms with E-state index in [-0.39, 0.29) is 24.0 Å². The summed E-state index contributed by atoms with van der Waals surface area (Å²) in [4.78, 5) is 22.6. The van der Waals surface area contributed by atoms with Crippen molar-refractivity contribution in [3.05, 3.63) is 34.4 Å². The lowest BCUT2D eigenvalue weighted by Gasteiger charge is -2.11. The normalized spacial score (nSPS) is 17.0. The second-order valence-electron chi connectivity index (χ2n) is 4.64. The van der Waals surface area contributed by atoms with E-state index in [1.165, 1.54) is 23.9 Å². The van der Waals surface area contributed by atoms with Crippen LogP contribution < -0.4 is 10.6 Å². The van der Waals surface area contributed by atoms with Gasteiger partial charge >= 0.3 is 0 Å². The van der Waals surface area contributed by atoms with Gasteiger partial charge in [-0.2, -0.15) is 0 Å². The molecule has 2 N–H and O–H groups in total. The van der Waals surface area contributed by atoms with Crippen molar-refractivity contribution in [2.75, 3.05) is 18.8 Å². The molecule has 1 aromatic carbocycles. The van der Waals surface area contributed by atoms with E-state index in [1.807, 2.05) is 0 Å². The average Bonchev–Trinajstić information content (AvgIpc) is 2.96. The Hall–Kier alpha value is -1.31. The van der Waals surface area contributed by atoms with Crippen LogP contribution in [0.5, 0.6) is 0 Å². The zero-order valence-electron chi connectivity index (χ0n) is 11.4. The lowest BCUT2D eigenvalue weighted by Crippen LogP contribution is -2.37. The third-order valence-corrected chi connectivity index (χ3v) is 4.14. The minimum Gasteiger partial charge on any atom is -0.354 e. The molecule has 0 spiro atoms. The van der Waals surface area contributed by atoms with Crippen molar-refractivity contribution < 1.29 is 9.72 Å². The van der Waals surface area contributed by atoms with E-state index in [4.69, 9.17) is 0 Å². The zero-order chi connectivity index (χ0) is 14.4.